The van der Waals surface area contributed by atoms with Gasteiger partial charge in [-0.1, -0.05) is 18.2 Å². The van der Waals surface area contributed by atoms with Gasteiger partial charge in [0.15, 0.2) is 5.82 Å². The Kier molecular flexibility index (Phi) is 4.17. The fraction of sp³-hybridized carbons (Fsp3) is 0.222. The number of aromatic amines is 1. The lowest BCUT2D eigenvalue weighted by molar-refractivity contribution is 0.0913. The topological polar surface area (TPSA) is 95.8 Å². The largest absolute Gasteiger partial charge is 0.456 e. The number of amides is 1. The maximum atomic E-state index is 12.7. The summed E-state index contributed by atoms with van der Waals surface area (Å²) in [6.07, 6.45) is 3.76. The van der Waals surface area contributed by atoms with E-state index in [-0.39, 0.29) is 11.3 Å². The van der Waals surface area contributed by atoms with Crippen molar-refractivity contribution in [2.24, 2.45) is 0 Å². The molecule has 168 valence electrons. The summed E-state index contributed by atoms with van der Waals surface area (Å²) in [6, 6.07) is 17.9. The van der Waals surface area contributed by atoms with E-state index in [1.54, 1.807) is 6.20 Å². The SMILES string of the molecule is O=C1NCC2(CCNCC2)c2[nH]c(-c3ccnc(-c4ccc5oc6ccccc6c5c4)n3)cc21. The van der Waals surface area contributed by atoms with Crippen LogP contribution >= 0.6 is 0 Å². The summed E-state index contributed by atoms with van der Waals surface area (Å²) in [5.74, 6) is 0.617. The summed E-state index contributed by atoms with van der Waals surface area (Å²) >= 11 is 0. The minimum absolute atomic E-state index is 0.0202. The van der Waals surface area contributed by atoms with Crippen molar-refractivity contribution in [1.29, 1.82) is 0 Å². The van der Waals surface area contributed by atoms with Crippen LogP contribution in [-0.2, 0) is 5.41 Å². The van der Waals surface area contributed by atoms with E-state index in [1.165, 1.54) is 0 Å². The summed E-state index contributed by atoms with van der Waals surface area (Å²) in [4.78, 5) is 25.7. The van der Waals surface area contributed by atoms with Crippen molar-refractivity contribution in [2.75, 3.05) is 19.6 Å². The number of carbonyl (C=O) groups is 1. The first-order valence-corrected chi connectivity index (χ1v) is 11.7. The van der Waals surface area contributed by atoms with Crippen molar-refractivity contribution in [1.82, 2.24) is 25.6 Å². The molecule has 34 heavy (non-hydrogen) atoms. The number of H-pyrrole nitrogens is 1. The number of piperidine rings is 1. The van der Waals surface area contributed by atoms with Crippen LogP contribution in [0, 0.1) is 0 Å². The molecular weight excluding hydrogens is 426 g/mol. The Bertz CT molecular complexity index is 1570. The number of nitrogens with one attached hydrogen (secondary N) is 3. The van der Waals surface area contributed by atoms with E-state index in [2.05, 4.69) is 32.7 Å². The fourth-order valence-electron chi connectivity index (χ4n) is 5.47. The highest BCUT2D eigenvalue weighted by atomic mass is 16.3. The standard InChI is InChI=1S/C27H23N5O2/c33-26-19-14-21(31-24(19)27(15-30-26)8-11-28-12-9-27)20-7-10-29-25(32-20)16-5-6-23-18(13-16)17-3-1-2-4-22(17)34-23/h1-7,10,13-14,28,31H,8-9,11-12,15H2,(H,30,33). The number of furan rings is 1. The van der Waals surface area contributed by atoms with E-state index >= 15 is 0 Å². The van der Waals surface area contributed by atoms with Crippen molar-refractivity contribution in [3.63, 3.8) is 0 Å². The molecule has 3 N–H and O–H groups in total. The molecule has 7 nitrogen and oxygen atoms in total. The molecule has 0 atom stereocenters. The Morgan fingerprint density at radius 1 is 0.941 bits per heavy atom. The number of hydrogen-bond donors (Lipinski definition) is 3. The molecule has 3 aromatic heterocycles. The van der Waals surface area contributed by atoms with E-state index in [1.807, 2.05) is 42.5 Å². The Labute approximate surface area is 195 Å². The second kappa shape index (κ2) is 7.27. The monoisotopic (exact) mass is 449 g/mol. The molecule has 2 aromatic carbocycles. The lowest BCUT2D eigenvalue weighted by Gasteiger charge is -2.40. The van der Waals surface area contributed by atoms with E-state index in [4.69, 9.17) is 9.40 Å². The number of para-hydroxylation sites is 1. The second-order valence-corrected chi connectivity index (χ2v) is 9.26. The third-order valence-corrected chi connectivity index (χ3v) is 7.31. The minimum Gasteiger partial charge on any atom is -0.456 e. The Hall–Kier alpha value is -3.97. The first-order valence-electron chi connectivity index (χ1n) is 11.7. The molecule has 5 heterocycles. The van der Waals surface area contributed by atoms with Crippen molar-refractivity contribution in [2.45, 2.75) is 18.3 Å². The number of nitrogens with zero attached hydrogens (tertiary/aromatic N) is 2. The van der Waals surface area contributed by atoms with Gasteiger partial charge < -0.3 is 20.0 Å². The molecule has 1 spiro atoms. The third-order valence-electron chi connectivity index (χ3n) is 7.31. The molecule has 0 unspecified atom stereocenters. The van der Waals surface area contributed by atoms with Crippen LogP contribution < -0.4 is 10.6 Å². The maximum Gasteiger partial charge on any atom is 0.253 e. The molecule has 0 radical (unpaired) electrons. The van der Waals surface area contributed by atoms with Gasteiger partial charge in [0, 0.05) is 40.2 Å². The number of hydrogen-bond acceptors (Lipinski definition) is 5. The van der Waals surface area contributed by atoms with Crippen molar-refractivity contribution >= 4 is 27.8 Å². The van der Waals surface area contributed by atoms with Crippen LogP contribution in [-0.4, -0.2) is 40.5 Å². The number of rotatable bonds is 2. The molecule has 1 fully saturated rings. The van der Waals surface area contributed by atoms with Gasteiger partial charge in [0.25, 0.3) is 5.91 Å². The van der Waals surface area contributed by atoms with Crippen LogP contribution in [0.2, 0.25) is 0 Å². The maximum absolute atomic E-state index is 12.7. The van der Waals surface area contributed by atoms with Gasteiger partial charge in [-0.25, -0.2) is 9.97 Å². The Balaban J connectivity index is 1.31. The normalized spacial score (nSPS) is 17.2. The van der Waals surface area contributed by atoms with Gasteiger partial charge in [0.2, 0.25) is 0 Å². The predicted molar refractivity (Wildman–Crippen MR) is 131 cm³/mol. The molecule has 2 aliphatic rings. The van der Waals surface area contributed by atoms with Crippen LogP contribution in [0.15, 0.2) is 65.2 Å². The highest BCUT2D eigenvalue weighted by Crippen LogP contribution is 2.39. The number of aromatic nitrogens is 3. The minimum atomic E-state index is -0.0457. The average Bonchev–Trinajstić information content (AvgIpc) is 3.50. The fourth-order valence-corrected chi connectivity index (χ4v) is 5.47. The van der Waals surface area contributed by atoms with Gasteiger partial charge >= 0.3 is 0 Å². The Morgan fingerprint density at radius 2 is 1.79 bits per heavy atom. The summed E-state index contributed by atoms with van der Waals surface area (Å²) in [6.45, 7) is 2.58. The van der Waals surface area contributed by atoms with Gasteiger partial charge in [-0.3, -0.25) is 4.79 Å². The van der Waals surface area contributed by atoms with E-state index < -0.39 is 0 Å². The first-order chi connectivity index (χ1) is 16.7. The smallest absolute Gasteiger partial charge is 0.253 e. The predicted octanol–water partition coefficient (Wildman–Crippen LogP) is 4.40. The van der Waals surface area contributed by atoms with E-state index in [0.29, 0.717) is 12.4 Å². The van der Waals surface area contributed by atoms with Crippen molar-refractivity contribution in [3.05, 3.63) is 72.1 Å². The van der Waals surface area contributed by atoms with Crippen LogP contribution in [0.3, 0.4) is 0 Å². The molecule has 0 bridgehead atoms. The summed E-state index contributed by atoms with van der Waals surface area (Å²) in [5.41, 5.74) is 5.98. The molecule has 0 aliphatic carbocycles. The molecule has 0 saturated carbocycles. The molecule has 2 aliphatic heterocycles. The average molecular weight is 450 g/mol. The quantitative estimate of drug-likeness (QED) is 0.371. The Morgan fingerprint density at radius 3 is 2.71 bits per heavy atom. The van der Waals surface area contributed by atoms with Gasteiger partial charge in [-0.15, -0.1) is 0 Å². The van der Waals surface area contributed by atoms with Gasteiger partial charge in [0.1, 0.15) is 11.2 Å². The van der Waals surface area contributed by atoms with E-state index in [9.17, 15) is 4.79 Å². The zero-order valence-corrected chi connectivity index (χ0v) is 18.5. The lowest BCUT2D eigenvalue weighted by atomic mass is 9.73. The molecule has 1 saturated heterocycles. The zero-order valence-electron chi connectivity index (χ0n) is 18.5. The van der Waals surface area contributed by atoms with Crippen LogP contribution in [0.25, 0.3) is 44.7 Å². The van der Waals surface area contributed by atoms with Gasteiger partial charge in [-0.2, -0.15) is 0 Å². The first kappa shape index (κ1) is 19.5. The molecule has 5 aromatic rings. The van der Waals surface area contributed by atoms with Crippen LogP contribution in [0.1, 0.15) is 28.9 Å². The number of benzene rings is 2. The van der Waals surface area contributed by atoms with Gasteiger partial charge in [-0.05, 0) is 62.3 Å². The van der Waals surface area contributed by atoms with Crippen LogP contribution in [0.4, 0.5) is 0 Å². The number of fused-ring (bicyclic) bond motifs is 5. The van der Waals surface area contributed by atoms with E-state index in [0.717, 1.165) is 76.1 Å². The summed E-state index contributed by atoms with van der Waals surface area (Å²) < 4.78 is 5.96. The summed E-state index contributed by atoms with van der Waals surface area (Å²) in [7, 11) is 0. The molecule has 7 heteroatoms. The number of carbonyl (C=O) groups excluding carboxylic acids is 1. The van der Waals surface area contributed by atoms with Gasteiger partial charge in [0.05, 0.1) is 17.0 Å². The van der Waals surface area contributed by atoms with Crippen LogP contribution in [0.5, 0.6) is 0 Å². The second-order valence-electron chi connectivity index (χ2n) is 9.26. The summed E-state index contributed by atoms with van der Waals surface area (Å²) in [5, 5.41) is 8.65. The molecular formula is C27H23N5O2. The van der Waals surface area contributed by atoms with Crippen molar-refractivity contribution in [3.8, 4) is 22.8 Å². The zero-order chi connectivity index (χ0) is 22.7. The molecule has 1 amide bonds. The highest BCUT2D eigenvalue weighted by Gasteiger charge is 2.42. The lowest BCUT2D eigenvalue weighted by Crippen LogP contribution is -2.51. The highest BCUT2D eigenvalue weighted by molar-refractivity contribution is 6.06. The third kappa shape index (κ3) is 2.90. The molecule has 7 rings (SSSR count). The van der Waals surface area contributed by atoms with Crippen molar-refractivity contribution < 1.29 is 9.21 Å².